The number of hydrogen-bond donors (Lipinski definition) is 1. The average molecular weight is 355 g/mol. The summed E-state index contributed by atoms with van der Waals surface area (Å²) in [6, 6.07) is 18.2. The summed E-state index contributed by atoms with van der Waals surface area (Å²) in [6.45, 7) is 4.18. The second-order valence-corrected chi connectivity index (χ2v) is 6.32. The van der Waals surface area contributed by atoms with Crippen LogP contribution in [0.5, 0.6) is 0 Å². The Kier molecular flexibility index (Phi) is 7.83. The molecule has 0 aromatic heterocycles. The minimum atomic E-state index is -0.734. The monoisotopic (exact) mass is 355 g/mol. The van der Waals surface area contributed by atoms with Gasteiger partial charge in [-0.3, -0.25) is 9.59 Å². The lowest BCUT2D eigenvalue weighted by Gasteiger charge is -2.19. The van der Waals surface area contributed by atoms with Gasteiger partial charge in [-0.1, -0.05) is 74.5 Å². The molecule has 26 heavy (non-hydrogen) atoms. The molecule has 0 amide bonds. The highest BCUT2D eigenvalue weighted by Crippen LogP contribution is 2.07. The van der Waals surface area contributed by atoms with Crippen LogP contribution in [0, 0.1) is 0 Å². The van der Waals surface area contributed by atoms with Gasteiger partial charge in [0, 0.05) is 6.04 Å². The van der Waals surface area contributed by atoms with E-state index in [1.54, 1.807) is 0 Å². The van der Waals surface area contributed by atoms with Crippen LogP contribution >= 0.6 is 0 Å². The molecule has 2 rings (SSSR count). The van der Waals surface area contributed by atoms with Gasteiger partial charge in [-0.25, -0.2) is 0 Å². The second-order valence-electron chi connectivity index (χ2n) is 6.32. The predicted molar refractivity (Wildman–Crippen MR) is 99.2 cm³/mol. The first-order chi connectivity index (χ1) is 12.5. The standard InChI is InChI=1S/C21H25NO4/c1-16(2)22-19(21(24)26-15-18-11-7-4-8-12-18)13-20(23)25-14-17-9-5-3-6-10-17/h3-12,16,19,22H,13-15H2,1-2H3. The van der Waals surface area contributed by atoms with Crippen LogP contribution < -0.4 is 5.32 Å². The highest BCUT2D eigenvalue weighted by Gasteiger charge is 2.25. The van der Waals surface area contributed by atoms with E-state index in [-0.39, 0.29) is 25.7 Å². The third-order valence-corrected chi connectivity index (χ3v) is 3.66. The van der Waals surface area contributed by atoms with E-state index in [9.17, 15) is 9.59 Å². The maximum atomic E-state index is 12.4. The molecule has 0 aliphatic carbocycles. The molecular weight excluding hydrogens is 330 g/mol. The van der Waals surface area contributed by atoms with Gasteiger partial charge < -0.3 is 14.8 Å². The third kappa shape index (κ3) is 7.07. The Morgan fingerprint density at radius 3 is 1.85 bits per heavy atom. The third-order valence-electron chi connectivity index (χ3n) is 3.66. The van der Waals surface area contributed by atoms with E-state index in [2.05, 4.69) is 5.32 Å². The van der Waals surface area contributed by atoms with Crippen molar-refractivity contribution in [2.45, 2.75) is 45.6 Å². The topological polar surface area (TPSA) is 64.6 Å². The largest absolute Gasteiger partial charge is 0.461 e. The molecule has 2 aromatic rings. The first-order valence-corrected chi connectivity index (χ1v) is 8.70. The quantitative estimate of drug-likeness (QED) is 0.700. The Morgan fingerprint density at radius 2 is 1.35 bits per heavy atom. The van der Waals surface area contributed by atoms with Gasteiger partial charge in [0.1, 0.15) is 19.3 Å². The average Bonchev–Trinajstić information content (AvgIpc) is 2.65. The molecule has 0 radical (unpaired) electrons. The van der Waals surface area contributed by atoms with Crippen molar-refractivity contribution in [1.82, 2.24) is 5.32 Å². The van der Waals surface area contributed by atoms with Crippen LogP contribution in [0.25, 0.3) is 0 Å². The van der Waals surface area contributed by atoms with Gasteiger partial charge in [0.2, 0.25) is 0 Å². The van der Waals surface area contributed by atoms with Crippen LogP contribution in [0.4, 0.5) is 0 Å². The molecule has 0 heterocycles. The number of rotatable bonds is 9. The van der Waals surface area contributed by atoms with Crippen LogP contribution in [-0.4, -0.2) is 24.0 Å². The first kappa shape index (κ1) is 19.7. The number of benzene rings is 2. The van der Waals surface area contributed by atoms with E-state index < -0.39 is 18.0 Å². The van der Waals surface area contributed by atoms with E-state index in [0.717, 1.165) is 11.1 Å². The summed E-state index contributed by atoms with van der Waals surface area (Å²) >= 11 is 0. The SMILES string of the molecule is CC(C)NC(CC(=O)OCc1ccccc1)C(=O)OCc1ccccc1. The van der Waals surface area contributed by atoms with Gasteiger partial charge in [0.15, 0.2) is 0 Å². The smallest absolute Gasteiger partial charge is 0.324 e. The van der Waals surface area contributed by atoms with Gasteiger partial charge in [-0.2, -0.15) is 0 Å². The number of ether oxygens (including phenoxy) is 2. The Hall–Kier alpha value is -2.66. The normalized spacial score (nSPS) is 11.8. The number of hydrogen-bond acceptors (Lipinski definition) is 5. The fraction of sp³-hybridized carbons (Fsp3) is 0.333. The molecule has 0 aliphatic heterocycles. The number of carbonyl (C=O) groups is 2. The summed E-state index contributed by atoms with van der Waals surface area (Å²) in [5.41, 5.74) is 1.80. The summed E-state index contributed by atoms with van der Waals surface area (Å²) in [5.74, 6) is -0.900. The molecule has 2 aromatic carbocycles. The van der Waals surface area contributed by atoms with Crippen molar-refractivity contribution in [3.63, 3.8) is 0 Å². The second kappa shape index (κ2) is 10.4. The van der Waals surface area contributed by atoms with Crippen LogP contribution in [0.1, 0.15) is 31.4 Å². The first-order valence-electron chi connectivity index (χ1n) is 8.70. The molecule has 0 aliphatic rings. The molecule has 5 nitrogen and oxygen atoms in total. The Bertz CT molecular complexity index is 686. The van der Waals surface area contributed by atoms with Gasteiger partial charge in [-0.05, 0) is 11.1 Å². The fourth-order valence-corrected chi connectivity index (χ4v) is 2.41. The Labute approximate surface area is 154 Å². The predicted octanol–water partition coefficient (Wildman–Crippen LogP) is 3.23. The van der Waals surface area contributed by atoms with E-state index in [1.807, 2.05) is 74.5 Å². The van der Waals surface area contributed by atoms with Crippen molar-refractivity contribution in [1.29, 1.82) is 0 Å². The molecule has 138 valence electrons. The summed E-state index contributed by atoms with van der Waals surface area (Å²) in [4.78, 5) is 24.5. The van der Waals surface area contributed by atoms with Gasteiger partial charge in [0.05, 0.1) is 6.42 Å². The van der Waals surface area contributed by atoms with Crippen molar-refractivity contribution in [3.05, 3.63) is 71.8 Å². The van der Waals surface area contributed by atoms with Crippen LogP contribution in [0.3, 0.4) is 0 Å². The molecule has 0 fully saturated rings. The van der Waals surface area contributed by atoms with Crippen molar-refractivity contribution in [2.24, 2.45) is 0 Å². The fourth-order valence-electron chi connectivity index (χ4n) is 2.41. The molecule has 0 saturated heterocycles. The summed E-state index contributed by atoms with van der Waals surface area (Å²) in [5, 5.41) is 3.07. The lowest BCUT2D eigenvalue weighted by atomic mass is 10.2. The van der Waals surface area contributed by atoms with Crippen LogP contribution in [-0.2, 0) is 32.3 Å². The summed E-state index contributed by atoms with van der Waals surface area (Å²) in [6.07, 6.45) is -0.0708. The Balaban J connectivity index is 1.86. The molecule has 0 saturated carbocycles. The van der Waals surface area contributed by atoms with Crippen molar-refractivity contribution in [3.8, 4) is 0 Å². The minimum Gasteiger partial charge on any atom is -0.461 e. The highest BCUT2D eigenvalue weighted by molar-refractivity contribution is 5.82. The molecule has 5 heteroatoms. The number of esters is 2. The zero-order valence-corrected chi connectivity index (χ0v) is 15.2. The van der Waals surface area contributed by atoms with Gasteiger partial charge >= 0.3 is 11.9 Å². The van der Waals surface area contributed by atoms with Crippen LogP contribution in [0.2, 0.25) is 0 Å². The molecular formula is C21H25NO4. The lowest BCUT2D eigenvalue weighted by Crippen LogP contribution is -2.43. The van der Waals surface area contributed by atoms with Crippen LogP contribution in [0.15, 0.2) is 60.7 Å². The maximum absolute atomic E-state index is 12.4. The summed E-state index contributed by atoms with van der Waals surface area (Å²) in [7, 11) is 0. The van der Waals surface area contributed by atoms with E-state index in [4.69, 9.17) is 9.47 Å². The van der Waals surface area contributed by atoms with Crippen molar-refractivity contribution < 1.29 is 19.1 Å². The van der Waals surface area contributed by atoms with E-state index >= 15 is 0 Å². The Morgan fingerprint density at radius 1 is 0.846 bits per heavy atom. The highest BCUT2D eigenvalue weighted by atomic mass is 16.5. The number of nitrogens with one attached hydrogen (secondary N) is 1. The van der Waals surface area contributed by atoms with Gasteiger partial charge in [0.25, 0.3) is 0 Å². The maximum Gasteiger partial charge on any atom is 0.324 e. The lowest BCUT2D eigenvalue weighted by molar-refractivity contribution is -0.154. The molecule has 0 bridgehead atoms. The van der Waals surface area contributed by atoms with E-state index in [0.29, 0.717) is 0 Å². The molecule has 1 atom stereocenters. The van der Waals surface area contributed by atoms with E-state index in [1.165, 1.54) is 0 Å². The minimum absolute atomic E-state index is 0.0335. The summed E-state index contributed by atoms with van der Waals surface area (Å²) < 4.78 is 10.6. The zero-order chi connectivity index (χ0) is 18.8. The van der Waals surface area contributed by atoms with Gasteiger partial charge in [-0.15, -0.1) is 0 Å². The molecule has 1 N–H and O–H groups in total. The van der Waals surface area contributed by atoms with Crippen molar-refractivity contribution in [2.75, 3.05) is 0 Å². The number of carbonyl (C=O) groups excluding carboxylic acids is 2. The zero-order valence-electron chi connectivity index (χ0n) is 15.2. The molecule has 0 spiro atoms. The molecule has 1 unspecified atom stereocenters. The van der Waals surface area contributed by atoms with Crippen molar-refractivity contribution >= 4 is 11.9 Å².